The average molecular weight is 715 g/mol. The van der Waals surface area contributed by atoms with Crippen LogP contribution in [0.4, 0.5) is 0 Å². The Hall–Kier alpha value is -1.72. The van der Waals surface area contributed by atoms with Gasteiger partial charge in [0.1, 0.15) is 5.75 Å². The lowest BCUT2D eigenvalue weighted by Crippen LogP contribution is -2.67. The fourth-order valence-corrected chi connectivity index (χ4v) is 12.9. The minimum atomic E-state index is -2.62. The molecule has 1 aliphatic carbocycles. The van der Waals surface area contributed by atoms with Crippen molar-refractivity contribution in [1.29, 1.82) is 0 Å². The van der Waals surface area contributed by atoms with E-state index in [2.05, 4.69) is 106 Å². The van der Waals surface area contributed by atoms with Crippen molar-refractivity contribution in [2.24, 2.45) is 5.41 Å². The van der Waals surface area contributed by atoms with E-state index in [1.54, 1.807) is 6.07 Å². The van der Waals surface area contributed by atoms with Crippen molar-refractivity contribution >= 4 is 67.2 Å². The Balaban J connectivity index is 1.31. The van der Waals surface area contributed by atoms with Crippen LogP contribution in [0, 0.1) is 5.41 Å². The summed E-state index contributed by atoms with van der Waals surface area (Å²) in [7, 11) is -3.79. The van der Waals surface area contributed by atoms with E-state index in [0.29, 0.717) is 23.3 Å². The molecule has 1 atom stereocenters. The third-order valence-corrected chi connectivity index (χ3v) is 17.4. The standard InChI is InChI=1S/C37H49Cl2NO3SSi2/c1-36(2,3)46(29-13-9-7-10-14-29,30-15-11-8-12-16-30)43-26-37(19-20-37)25-40-24-28(23-33(40)44)34-32(18-17-31(38)35(34)39)42-27-41-21-22-45(4,5)6/h7-18,28H,19-27H2,1-6H3/t28-/m0/s1. The summed E-state index contributed by atoms with van der Waals surface area (Å²) in [4.78, 5) is 3.35. The van der Waals surface area contributed by atoms with Gasteiger partial charge in [0, 0.05) is 57.7 Å². The molecule has 0 unspecified atom stereocenters. The number of nitrogens with zero attached hydrogens (tertiary/aromatic N) is 1. The second kappa shape index (κ2) is 14.4. The molecule has 2 aliphatic rings. The summed E-state index contributed by atoms with van der Waals surface area (Å²) in [6.07, 6.45) is 3.01. The fraction of sp³-hybridized carbons (Fsp3) is 0.486. The van der Waals surface area contributed by atoms with Gasteiger partial charge >= 0.3 is 0 Å². The Morgan fingerprint density at radius 2 is 1.52 bits per heavy atom. The van der Waals surface area contributed by atoms with Crippen LogP contribution in [-0.2, 0) is 9.16 Å². The van der Waals surface area contributed by atoms with Gasteiger partial charge in [-0.2, -0.15) is 0 Å². The lowest BCUT2D eigenvalue weighted by molar-refractivity contribution is 0.0213. The minimum Gasteiger partial charge on any atom is -0.467 e. The van der Waals surface area contributed by atoms with Crippen molar-refractivity contribution in [3.05, 3.63) is 88.4 Å². The van der Waals surface area contributed by atoms with Gasteiger partial charge in [-0.25, -0.2) is 0 Å². The van der Waals surface area contributed by atoms with Gasteiger partial charge in [0.15, 0.2) is 6.79 Å². The van der Waals surface area contributed by atoms with Crippen LogP contribution in [0.15, 0.2) is 72.8 Å². The first-order valence-corrected chi connectivity index (χ1v) is 23.2. The molecule has 0 N–H and O–H groups in total. The van der Waals surface area contributed by atoms with Crippen LogP contribution in [0.2, 0.25) is 40.8 Å². The summed E-state index contributed by atoms with van der Waals surface area (Å²) >= 11 is 19.4. The highest BCUT2D eigenvalue weighted by Crippen LogP contribution is 2.50. The second-order valence-corrected chi connectivity index (χ2v) is 26.6. The van der Waals surface area contributed by atoms with Crippen LogP contribution < -0.4 is 15.1 Å². The molecule has 1 saturated carbocycles. The zero-order valence-electron chi connectivity index (χ0n) is 28.2. The van der Waals surface area contributed by atoms with Crippen molar-refractivity contribution in [3.63, 3.8) is 0 Å². The van der Waals surface area contributed by atoms with Crippen LogP contribution in [0.25, 0.3) is 0 Å². The maximum absolute atomic E-state index is 7.39. The maximum atomic E-state index is 7.39. The minimum absolute atomic E-state index is 0.0576. The molecule has 46 heavy (non-hydrogen) atoms. The molecule has 0 radical (unpaired) electrons. The predicted octanol–water partition coefficient (Wildman–Crippen LogP) is 9.16. The van der Waals surface area contributed by atoms with Gasteiger partial charge in [0.25, 0.3) is 8.32 Å². The number of hydrogen-bond donors (Lipinski definition) is 0. The van der Waals surface area contributed by atoms with E-state index >= 15 is 0 Å². The zero-order chi connectivity index (χ0) is 33.2. The normalized spacial score (nSPS) is 18.2. The first-order valence-electron chi connectivity index (χ1n) is 16.5. The van der Waals surface area contributed by atoms with E-state index in [1.165, 1.54) is 10.4 Å². The highest BCUT2D eigenvalue weighted by molar-refractivity contribution is 7.80. The quantitative estimate of drug-likeness (QED) is 0.0720. The van der Waals surface area contributed by atoms with E-state index in [-0.39, 0.29) is 23.2 Å². The van der Waals surface area contributed by atoms with Crippen molar-refractivity contribution in [2.45, 2.75) is 76.7 Å². The van der Waals surface area contributed by atoms with Crippen molar-refractivity contribution in [2.75, 3.05) is 33.1 Å². The van der Waals surface area contributed by atoms with E-state index in [0.717, 1.165) is 54.7 Å². The molecule has 2 fully saturated rings. The van der Waals surface area contributed by atoms with Gasteiger partial charge in [-0.15, -0.1) is 0 Å². The van der Waals surface area contributed by atoms with Crippen molar-refractivity contribution in [3.8, 4) is 5.75 Å². The molecule has 0 amide bonds. The number of thiocarbonyl (C=S) groups is 1. The number of benzene rings is 3. The molecule has 5 rings (SSSR count). The van der Waals surface area contributed by atoms with Gasteiger partial charge in [-0.1, -0.05) is 136 Å². The molecule has 1 heterocycles. The number of rotatable bonds is 14. The smallest absolute Gasteiger partial charge is 0.261 e. The Kier molecular flexibility index (Phi) is 11.1. The molecule has 1 saturated heterocycles. The number of likely N-dealkylation sites (tertiary alicyclic amines) is 1. The number of hydrogen-bond acceptors (Lipinski definition) is 4. The summed E-state index contributed by atoms with van der Waals surface area (Å²) in [5.74, 6) is 0.831. The molecular weight excluding hydrogens is 666 g/mol. The molecule has 9 heteroatoms. The number of ether oxygens (including phenoxy) is 2. The first-order chi connectivity index (χ1) is 21.7. The highest BCUT2D eigenvalue weighted by atomic mass is 35.5. The Morgan fingerprint density at radius 3 is 2.07 bits per heavy atom. The topological polar surface area (TPSA) is 30.9 Å². The van der Waals surface area contributed by atoms with Gasteiger partial charge in [-0.3, -0.25) is 0 Å². The van der Waals surface area contributed by atoms with Crippen molar-refractivity contribution in [1.82, 2.24) is 4.90 Å². The molecule has 0 spiro atoms. The molecule has 248 valence electrons. The molecule has 1 aliphatic heterocycles. The van der Waals surface area contributed by atoms with Crippen LogP contribution in [0.5, 0.6) is 5.75 Å². The Labute approximate surface area is 293 Å². The van der Waals surface area contributed by atoms with E-state index < -0.39 is 16.4 Å². The van der Waals surface area contributed by atoms with Crippen molar-refractivity contribution < 1.29 is 13.9 Å². The Bertz CT molecular complexity index is 1450. The number of halogens is 2. The fourth-order valence-electron chi connectivity index (χ4n) is 6.67. The molecule has 0 bridgehead atoms. The zero-order valence-corrected chi connectivity index (χ0v) is 32.5. The molecule has 4 nitrogen and oxygen atoms in total. The molecular formula is C37H49Cl2NO3SSi2. The highest BCUT2D eigenvalue weighted by Gasteiger charge is 2.54. The summed E-state index contributed by atoms with van der Waals surface area (Å²) in [5.41, 5.74) is 1.01. The molecule has 0 aromatic heterocycles. The van der Waals surface area contributed by atoms with E-state index in [9.17, 15) is 0 Å². The lowest BCUT2D eigenvalue weighted by Gasteiger charge is -2.44. The van der Waals surface area contributed by atoms with Crippen LogP contribution in [0.1, 0.15) is 51.5 Å². The monoisotopic (exact) mass is 713 g/mol. The SMILES string of the molecule is CC(C)(C)[Si](OCC1(CN2C[C@@H](c3c(OCOCC[Si](C)(C)C)ccc(Cl)c3Cl)CC2=S)CC1)(c1ccccc1)c1ccccc1. The van der Waals surface area contributed by atoms with Crippen LogP contribution in [-0.4, -0.2) is 59.4 Å². The maximum Gasteiger partial charge on any atom is 0.261 e. The summed E-state index contributed by atoms with van der Waals surface area (Å²) < 4.78 is 19.4. The van der Waals surface area contributed by atoms with Gasteiger partial charge < -0.3 is 18.8 Å². The Morgan fingerprint density at radius 1 is 0.913 bits per heavy atom. The molecule has 3 aromatic carbocycles. The van der Waals surface area contributed by atoms with E-state index in [4.69, 9.17) is 49.3 Å². The van der Waals surface area contributed by atoms with Crippen LogP contribution in [0.3, 0.4) is 0 Å². The molecule has 3 aromatic rings. The predicted molar refractivity (Wildman–Crippen MR) is 203 cm³/mol. The van der Waals surface area contributed by atoms with Gasteiger partial charge in [0.2, 0.25) is 0 Å². The van der Waals surface area contributed by atoms with E-state index in [1.807, 2.05) is 6.07 Å². The van der Waals surface area contributed by atoms with Gasteiger partial charge in [-0.05, 0) is 46.4 Å². The second-order valence-electron chi connectivity index (χ2n) is 15.4. The summed E-state index contributed by atoms with van der Waals surface area (Å²) in [5, 5.41) is 3.65. The third kappa shape index (κ3) is 8.11. The largest absolute Gasteiger partial charge is 0.467 e. The van der Waals surface area contributed by atoms with Gasteiger partial charge in [0.05, 0.1) is 15.0 Å². The summed E-state index contributed by atoms with van der Waals surface area (Å²) in [6.45, 7) is 17.3. The average Bonchev–Trinajstić information content (AvgIpc) is 3.68. The lowest BCUT2D eigenvalue weighted by atomic mass is 9.97. The third-order valence-electron chi connectivity index (χ3n) is 9.50. The summed E-state index contributed by atoms with van der Waals surface area (Å²) in [6, 6.07) is 26.6. The first kappa shape index (κ1) is 35.6. The van der Waals surface area contributed by atoms with Crippen LogP contribution >= 0.6 is 35.4 Å².